The Labute approximate surface area is 130 Å². The lowest BCUT2D eigenvalue weighted by atomic mass is 10.1. The molecule has 6 heteroatoms. The lowest BCUT2D eigenvalue weighted by Crippen LogP contribution is -2.37. The van der Waals surface area contributed by atoms with E-state index in [0.29, 0.717) is 11.3 Å². The van der Waals surface area contributed by atoms with Gasteiger partial charge in [-0.2, -0.15) is 11.8 Å². The third kappa shape index (κ3) is 4.04. The fraction of sp³-hybridized carbons (Fsp3) is 0.533. The van der Waals surface area contributed by atoms with E-state index >= 15 is 0 Å². The SMILES string of the molecule is CCC1CN(Cc2ccc(OC)c(/C(N)=N/O)c2)CCS1. The van der Waals surface area contributed by atoms with E-state index in [4.69, 9.17) is 15.7 Å². The highest BCUT2D eigenvalue weighted by molar-refractivity contribution is 8.00. The first-order valence-electron chi connectivity index (χ1n) is 7.16. The van der Waals surface area contributed by atoms with Crippen LogP contribution in [0.1, 0.15) is 24.5 Å². The summed E-state index contributed by atoms with van der Waals surface area (Å²) in [5.41, 5.74) is 7.51. The van der Waals surface area contributed by atoms with Crippen molar-refractivity contribution in [3.63, 3.8) is 0 Å². The summed E-state index contributed by atoms with van der Waals surface area (Å²) in [5, 5.41) is 12.7. The zero-order chi connectivity index (χ0) is 15.2. The average Bonchev–Trinajstić information content (AvgIpc) is 2.54. The number of amidine groups is 1. The van der Waals surface area contributed by atoms with Crippen molar-refractivity contribution < 1.29 is 9.94 Å². The first-order valence-corrected chi connectivity index (χ1v) is 8.21. The highest BCUT2D eigenvalue weighted by Crippen LogP contribution is 2.24. The molecule has 0 radical (unpaired) electrons. The molecule has 3 N–H and O–H groups in total. The number of hydrogen-bond donors (Lipinski definition) is 2. The van der Waals surface area contributed by atoms with Crippen LogP contribution < -0.4 is 10.5 Å². The Bertz CT molecular complexity index is 508. The third-order valence-electron chi connectivity index (χ3n) is 3.73. The predicted octanol–water partition coefficient (Wildman–Crippen LogP) is 2.12. The Morgan fingerprint density at radius 2 is 2.38 bits per heavy atom. The van der Waals surface area contributed by atoms with Gasteiger partial charge in [-0.25, -0.2) is 0 Å². The topological polar surface area (TPSA) is 71.1 Å². The van der Waals surface area contributed by atoms with Gasteiger partial charge in [0.15, 0.2) is 5.84 Å². The first-order chi connectivity index (χ1) is 10.2. The Morgan fingerprint density at radius 3 is 3.05 bits per heavy atom. The van der Waals surface area contributed by atoms with Gasteiger partial charge < -0.3 is 15.7 Å². The molecule has 5 nitrogen and oxygen atoms in total. The van der Waals surface area contributed by atoms with Gasteiger partial charge in [-0.05, 0) is 24.1 Å². The fourth-order valence-electron chi connectivity index (χ4n) is 2.54. The van der Waals surface area contributed by atoms with Crippen LogP contribution in [-0.2, 0) is 6.54 Å². The number of thioether (sulfide) groups is 1. The van der Waals surface area contributed by atoms with Gasteiger partial charge >= 0.3 is 0 Å². The first kappa shape index (κ1) is 16.0. The zero-order valence-electron chi connectivity index (χ0n) is 12.6. The largest absolute Gasteiger partial charge is 0.496 e. The maximum atomic E-state index is 8.88. The zero-order valence-corrected chi connectivity index (χ0v) is 13.4. The second-order valence-electron chi connectivity index (χ2n) is 5.16. The molecule has 1 aromatic rings. The summed E-state index contributed by atoms with van der Waals surface area (Å²) in [5.74, 6) is 1.88. The van der Waals surface area contributed by atoms with Crippen molar-refractivity contribution >= 4 is 17.6 Å². The third-order valence-corrected chi connectivity index (χ3v) is 5.10. The minimum absolute atomic E-state index is 0.0781. The van der Waals surface area contributed by atoms with Crippen LogP contribution in [0.4, 0.5) is 0 Å². The molecular weight excluding hydrogens is 286 g/mol. The van der Waals surface area contributed by atoms with E-state index in [9.17, 15) is 0 Å². The molecule has 1 saturated heterocycles. The van der Waals surface area contributed by atoms with Crippen molar-refractivity contribution in [1.82, 2.24) is 4.90 Å². The summed E-state index contributed by atoms with van der Waals surface area (Å²) >= 11 is 2.06. The van der Waals surface area contributed by atoms with E-state index in [1.807, 2.05) is 18.2 Å². The summed E-state index contributed by atoms with van der Waals surface area (Å²) in [7, 11) is 1.58. The van der Waals surface area contributed by atoms with Crippen molar-refractivity contribution in [2.45, 2.75) is 25.1 Å². The number of methoxy groups -OCH3 is 1. The lowest BCUT2D eigenvalue weighted by molar-refractivity contribution is 0.273. The van der Waals surface area contributed by atoms with Gasteiger partial charge in [0.05, 0.1) is 12.7 Å². The molecule has 1 atom stereocenters. The maximum absolute atomic E-state index is 8.88. The summed E-state index contributed by atoms with van der Waals surface area (Å²) < 4.78 is 5.26. The molecule has 1 aliphatic rings. The van der Waals surface area contributed by atoms with E-state index in [1.54, 1.807) is 7.11 Å². The van der Waals surface area contributed by atoms with Crippen LogP contribution in [0, 0.1) is 0 Å². The summed E-state index contributed by atoms with van der Waals surface area (Å²) in [6, 6.07) is 5.85. The summed E-state index contributed by atoms with van der Waals surface area (Å²) in [4.78, 5) is 2.46. The van der Waals surface area contributed by atoms with Crippen molar-refractivity contribution in [3.8, 4) is 5.75 Å². The molecule has 0 saturated carbocycles. The standard InChI is InChI=1S/C15H23N3O2S/c1-3-12-10-18(6-7-21-12)9-11-4-5-14(20-2)13(8-11)15(16)17-19/h4-5,8,12,19H,3,6-7,9-10H2,1-2H3,(H2,16,17). The predicted molar refractivity (Wildman–Crippen MR) is 87.3 cm³/mol. The van der Waals surface area contributed by atoms with Gasteiger partial charge in [-0.15, -0.1) is 0 Å². The van der Waals surface area contributed by atoms with Crippen LogP contribution in [0.2, 0.25) is 0 Å². The van der Waals surface area contributed by atoms with E-state index < -0.39 is 0 Å². The van der Waals surface area contributed by atoms with Crippen LogP contribution in [-0.4, -0.2) is 47.1 Å². The summed E-state index contributed by atoms with van der Waals surface area (Å²) in [6.07, 6.45) is 1.21. The molecule has 1 unspecified atom stereocenters. The average molecular weight is 309 g/mol. The number of hydrogen-bond acceptors (Lipinski definition) is 5. The Hall–Kier alpha value is -1.40. The molecule has 2 rings (SSSR count). The molecule has 0 amide bonds. The van der Waals surface area contributed by atoms with E-state index in [1.165, 1.54) is 12.2 Å². The quantitative estimate of drug-likeness (QED) is 0.377. The van der Waals surface area contributed by atoms with Gasteiger partial charge in [-0.3, -0.25) is 4.90 Å². The van der Waals surface area contributed by atoms with Crippen molar-refractivity contribution in [2.75, 3.05) is 26.0 Å². The molecule has 0 spiro atoms. The highest BCUT2D eigenvalue weighted by Gasteiger charge is 2.19. The lowest BCUT2D eigenvalue weighted by Gasteiger charge is -2.32. The van der Waals surface area contributed by atoms with Gasteiger partial charge in [0.1, 0.15) is 5.75 Å². The molecule has 21 heavy (non-hydrogen) atoms. The van der Waals surface area contributed by atoms with Gasteiger partial charge in [0.25, 0.3) is 0 Å². The molecule has 1 heterocycles. The minimum atomic E-state index is 0.0781. The van der Waals surface area contributed by atoms with Crippen LogP contribution in [0.3, 0.4) is 0 Å². The second-order valence-corrected chi connectivity index (χ2v) is 6.56. The van der Waals surface area contributed by atoms with Crippen molar-refractivity contribution in [2.24, 2.45) is 10.9 Å². The van der Waals surface area contributed by atoms with E-state index in [2.05, 4.69) is 28.7 Å². The number of oxime groups is 1. The Balaban J connectivity index is 2.13. The van der Waals surface area contributed by atoms with Gasteiger partial charge in [0.2, 0.25) is 0 Å². The smallest absolute Gasteiger partial charge is 0.173 e. The number of benzene rings is 1. The molecular formula is C15H23N3O2S. The van der Waals surface area contributed by atoms with E-state index in [0.717, 1.165) is 30.4 Å². The summed E-state index contributed by atoms with van der Waals surface area (Å²) in [6.45, 7) is 5.34. The van der Waals surface area contributed by atoms with Gasteiger partial charge in [-0.1, -0.05) is 18.1 Å². The Morgan fingerprint density at radius 1 is 1.57 bits per heavy atom. The molecule has 0 aliphatic carbocycles. The number of nitrogens with zero attached hydrogens (tertiary/aromatic N) is 2. The van der Waals surface area contributed by atoms with Crippen molar-refractivity contribution in [3.05, 3.63) is 29.3 Å². The molecule has 1 fully saturated rings. The van der Waals surface area contributed by atoms with Crippen LogP contribution in [0.5, 0.6) is 5.75 Å². The molecule has 116 valence electrons. The molecule has 1 aliphatic heterocycles. The monoisotopic (exact) mass is 309 g/mol. The second kappa shape index (κ2) is 7.56. The molecule has 1 aromatic carbocycles. The van der Waals surface area contributed by atoms with Crippen LogP contribution in [0.25, 0.3) is 0 Å². The molecule has 0 bridgehead atoms. The van der Waals surface area contributed by atoms with Crippen LogP contribution in [0.15, 0.2) is 23.4 Å². The Kier molecular flexibility index (Phi) is 5.76. The van der Waals surface area contributed by atoms with E-state index in [-0.39, 0.29) is 5.84 Å². The number of ether oxygens (including phenoxy) is 1. The highest BCUT2D eigenvalue weighted by atomic mass is 32.2. The normalized spacial score (nSPS) is 20.5. The van der Waals surface area contributed by atoms with Gasteiger partial charge in [0, 0.05) is 30.6 Å². The minimum Gasteiger partial charge on any atom is -0.496 e. The molecule has 0 aromatic heterocycles. The van der Waals surface area contributed by atoms with Crippen LogP contribution >= 0.6 is 11.8 Å². The van der Waals surface area contributed by atoms with Crippen molar-refractivity contribution in [1.29, 1.82) is 0 Å². The number of rotatable bonds is 5. The maximum Gasteiger partial charge on any atom is 0.173 e. The fourth-order valence-corrected chi connectivity index (χ4v) is 3.79. The number of nitrogens with two attached hydrogens (primary N) is 1.